The number of nitrogens with two attached hydrogens (primary N) is 1. The standard InChI is InChI=1S/C15H23N/c1-10(2)11-6-5-7-12(8-11)14-13(9-16)15(14,3)4/h5-8,10,13-14H,9,16H2,1-4H3/t13-,14-/m0/s1. The second kappa shape index (κ2) is 3.89. The van der Waals surface area contributed by atoms with Crippen molar-refractivity contribution in [2.75, 3.05) is 6.54 Å². The molecular weight excluding hydrogens is 194 g/mol. The van der Waals surface area contributed by atoms with E-state index in [4.69, 9.17) is 5.73 Å². The Kier molecular flexibility index (Phi) is 2.83. The van der Waals surface area contributed by atoms with Crippen molar-refractivity contribution in [2.24, 2.45) is 17.1 Å². The van der Waals surface area contributed by atoms with E-state index in [1.807, 2.05) is 0 Å². The van der Waals surface area contributed by atoms with Gasteiger partial charge in [-0.15, -0.1) is 0 Å². The molecule has 1 aromatic carbocycles. The van der Waals surface area contributed by atoms with Gasteiger partial charge in [-0.1, -0.05) is 52.0 Å². The van der Waals surface area contributed by atoms with E-state index in [9.17, 15) is 0 Å². The van der Waals surface area contributed by atoms with E-state index in [1.165, 1.54) is 11.1 Å². The van der Waals surface area contributed by atoms with Gasteiger partial charge >= 0.3 is 0 Å². The molecule has 0 aliphatic heterocycles. The Morgan fingerprint density at radius 2 is 2.00 bits per heavy atom. The monoisotopic (exact) mass is 217 g/mol. The van der Waals surface area contributed by atoms with E-state index >= 15 is 0 Å². The zero-order valence-electron chi connectivity index (χ0n) is 10.8. The lowest BCUT2D eigenvalue weighted by Gasteiger charge is -2.09. The Bertz CT molecular complexity index is 379. The van der Waals surface area contributed by atoms with Gasteiger partial charge in [-0.3, -0.25) is 0 Å². The molecule has 2 N–H and O–H groups in total. The molecule has 1 nitrogen and oxygen atoms in total. The number of hydrogen-bond acceptors (Lipinski definition) is 1. The van der Waals surface area contributed by atoms with Crippen molar-refractivity contribution in [2.45, 2.75) is 39.5 Å². The number of hydrogen-bond donors (Lipinski definition) is 1. The molecule has 1 heteroatoms. The summed E-state index contributed by atoms with van der Waals surface area (Å²) in [6, 6.07) is 9.04. The van der Waals surface area contributed by atoms with E-state index in [2.05, 4.69) is 52.0 Å². The molecule has 88 valence electrons. The van der Waals surface area contributed by atoms with E-state index in [1.54, 1.807) is 0 Å². The number of rotatable bonds is 3. The van der Waals surface area contributed by atoms with E-state index in [0.29, 0.717) is 23.2 Å². The van der Waals surface area contributed by atoms with E-state index < -0.39 is 0 Å². The summed E-state index contributed by atoms with van der Waals surface area (Å²) in [6.45, 7) is 9.97. The van der Waals surface area contributed by atoms with Gasteiger partial charge in [0.15, 0.2) is 0 Å². The molecule has 0 radical (unpaired) electrons. The van der Waals surface area contributed by atoms with Gasteiger partial charge in [-0.05, 0) is 40.8 Å². The molecule has 0 aromatic heterocycles. The van der Waals surface area contributed by atoms with Crippen LogP contribution in [0.2, 0.25) is 0 Å². The first-order valence-electron chi connectivity index (χ1n) is 6.28. The fraction of sp³-hybridized carbons (Fsp3) is 0.600. The van der Waals surface area contributed by atoms with Gasteiger partial charge in [0.05, 0.1) is 0 Å². The average molecular weight is 217 g/mol. The Morgan fingerprint density at radius 3 is 2.50 bits per heavy atom. The van der Waals surface area contributed by atoms with Crippen LogP contribution in [-0.2, 0) is 0 Å². The fourth-order valence-electron chi connectivity index (χ4n) is 2.96. The van der Waals surface area contributed by atoms with Crippen LogP contribution in [0.15, 0.2) is 24.3 Å². The predicted octanol–water partition coefficient (Wildman–Crippen LogP) is 3.51. The summed E-state index contributed by atoms with van der Waals surface area (Å²) in [4.78, 5) is 0. The van der Waals surface area contributed by atoms with Gasteiger partial charge in [-0.2, -0.15) is 0 Å². The maximum atomic E-state index is 5.84. The molecule has 1 aliphatic carbocycles. The molecule has 0 bridgehead atoms. The van der Waals surface area contributed by atoms with E-state index in [-0.39, 0.29) is 0 Å². The Balaban J connectivity index is 2.26. The van der Waals surface area contributed by atoms with Crippen molar-refractivity contribution in [3.05, 3.63) is 35.4 Å². The van der Waals surface area contributed by atoms with Crippen LogP contribution in [0.25, 0.3) is 0 Å². The Hall–Kier alpha value is -0.820. The highest BCUT2D eigenvalue weighted by Gasteiger charge is 2.57. The molecule has 0 spiro atoms. The molecule has 2 atom stereocenters. The zero-order valence-corrected chi connectivity index (χ0v) is 10.8. The van der Waals surface area contributed by atoms with Crippen LogP contribution in [-0.4, -0.2) is 6.54 Å². The zero-order chi connectivity index (χ0) is 11.9. The first-order chi connectivity index (χ1) is 7.48. The molecular formula is C15H23N. The third-order valence-corrected chi connectivity index (χ3v) is 4.24. The van der Waals surface area contributed by atoms with Gasteiger partial charge in [0, 0.05) is 0 Å². The smallest absolute Gasteiger partial charge is 0.00375 e. The van der Waals surface area contributed by atoms with Crippen LogP contribution in [0.3, 0.4) is 0 Å². The fourth-order valence-corrected chi connectivity index (χ4v) is 2.96. The molecule has 0 unspecified atom stereocenters. The molecule has 0 amide bonds. The summed E-state index contributed by atoms with van der Waals surface area (Å²) in [5.74, 6) is 1.93. The maximum Gasteiger partial charge on any atom is -0.00375 e. The summed E-state index contributed by atoms with van der Waals surface area (Å²) >= 11 is 0. The molecule has 1 saturated carbocycles. The lowest BCUT2D eigenvalue weighted by Crippen LogP contribution is -2.05. The van der Waals surface area contributed by atoms with Gasteiger partial charge < -0.3 is 5.73 Å². The summed E-state index contributed by atoms with van der Waals surface area (Å²) in [6.07, 6.45) is 0. The van der Waals surface area contributed by atoms with Crippen molar-refractivity contribution in [1.29, 1.82) is 0 Å². The Labute approximate surface area is 99.0 Å². The molecule has 1 fully saturated rings. The summed E-state index contributed by atoms with van der Waals surface area (Å²) in [5.41, 5.74) is 9.15. The normalized spacial score (nSPS) is 27.1. The summed E-state index contributed by atoms with van der Waals surface area (Å²) in [5, 5.41) is 0. The van der Waals surface area contributed by atoms with Crippen LogP contribution in [0.5, 0.6) is 0 Å². The second-order valence-electron chi connectivity index (χ2n) is 5.97. The van der Waals surface area contributed by atoms with Crippen LogP contribution in [0, 0.1) is 11.3 Å². The third kappa shape index (κ3) is 1.78. The van der Waals surface area contributed by atoms with Crippen LogP contribution < -0.4 is 5.73 Å². The second-order valence-corrected chi connectivity index (χ2v) is 5.97. The van der Waals surface area contributed by atoms with Crippen molar-refractivity contribution >= 4 is 0 Å². The van der Waals surface area contributed by atoms with Crippen LogP contribution >= 0.6 is 0 Å². The third-order valence-electron chi connectivity index (χ3n) is 4.24. The minimum Gasteiger partial charge on any atom is -0.330 e. The van der Waals surface area contributed by atoms with Gasteiger partial charge in [-0.25, -0.2) is 0 Å². The van der Waals surface area contributed by atoms with Gasteiger partial charge in [0.1, 0.15) is 0 Å². The summed E-state index contributed by atoms with van der Waals surface area (Å²) in [7, 11) is 0. The molecule has 0 saturated heterocycles. The highest BCUT2D eigenvalue weighted by atomic mass is 14.7. The average Bonchev–Trinajstić information content (AvgIpc) is 2.80. The van der Waals surface area contributed by atoms with Gasteiger partial charge in [0.2, 0.25) is 0 Å². The first kappa shape index (κ1) is 11.7. The predicted molar refractivity (Wildman–Crippen MR) is 69.6 cm³/mol. The SMILES string of the molecule is CC(C)c1cccc([C@H]2[C@H](CN)C2(C)C)c1. The van der Waals surface area contributed by atoms with Crippen molar-refractivity contribution in [1.82, 2.24) is 0 Å². The number of benzene rings is 1. The first-order valence-corrected chi connectivity index (χ1v) is 6.28. The quantitative estimate of drug-likeness (QED) is 0.824. The highest BCUT2D eigenvalue weighted by molar-refractivity contribution is 5.35. The molecule has 1 aromatic rings. The topological polar surface area (TPSA) is 26.0 Å². The maximum absolute atomic E-state index is 5.84. The lowest BCUT2D eigenvalue weighted by atomic mass is 9.96. The van der Waals surface area contributed by atoms with Gasteiger partial charge in [0.25, 0.3) is 0 Å². The molecule has 2 rings (SSSR count). The van der Waals surface area contributed by atoms with Crippen molar-refractivity contribution in [3.63, 3.8) is 0 Å². The van der Waals surface area contributed by atoms with Crippen molar-refractivity contribution < 1.29 is 0 Å². The summed E-state index contributed by atoms with van der Waals surface area (Å²) < 4.78 is 0. The van der Waals surface area contributed by atoms with E-state index in [0.717, 1.165) is 6.54 Å². The molecule has 0 heterocycles. The highest BCUT2D eigenvalue weighted by Crippen LogP contribution is 2.63. The lowest BCUT2D eigenvalue weighted by molar-refractivity contribution is 0.558. The van der Waals surface area contributed by atoms with Crippen molar-refractivity contribution in [3.8, 4) is 0 Å². The Morgan fingerprint density at radius 1 is 1.31 bits per heavy atom. The van der Waals surface area contributed by atoms with Crippen LogP contribution in [0.1, 0.15) is 50.7 Å². The molecule has 16 heavy (non-hydrogen) atoms. The van der Waals surface area contributed by atoms with Crippen LogP contribution in [0.4, 0.5) is 0 Å². The largest absolute Gasteiger partial charge is 0.330 e. The molecule has 1 aliphatic rings. The minimum atomic E-state index is 0.393. The minimum absolute atomic E-state index is 0.393.